The predicted molar refractivity (Wildman–Crippen MR) is 145 cm³/mol. The van der Waals surface area contributed by atoms with Gasteiger partial charge in [0.05, 0.1) is 11.6 Å². The molecular formula is C30H25N5O3. The van der Waals surface area contributed by atoms with Crippen molar-refractivity contribution < 1.29 is 14.4 Å². The van der Waals surface area contributed by atoms with Crippen molar-refractivity contribution in [3.63, 3.8) is 0 Å². The van der Waals surface area contributed by atoms with Gasteiger partial charge >= 0.3 is 6.03 Å². The van der Waals surface area contributed by atoms with Crippen molar-refractivity contribution >= 4 is 40.5 Å². The molecule has 1 saturated heterocycles. The summed E-state index contributed by atoms with van der Waals surface area (Å²) in [5, 5.41) is 15.8. The quantitative estimate of drug-likeness (QED) is 0.283. The summed E-state index contributed by atoms with van der Waals surface area (Å²) in [5.74, 6) is -1.02. The van der Waals surface area contributed by atoms with Crippen LogP contribution in [0.4, 0.5) is 10.5 Å². The number of aryl methyl sites for hydroxylation is 1. The molecule has 0 aliphatic carbocycles. The van der Waals surface area contributed by atoms with Crippen molar-refractivity contribution in [1.82, 2.24) is 14.8 Å². The second kappa shape index (κ2) is 10.4. The Hall–Kier alpha value is -5.16. The van der Waals surface area contributed by atoms with Crippen molar-refractivity contribution in [1.29, 1.82) is 5.26 Å². The second-order valence-electron chi connectivity index (χ2n) is 8.94. The Morgan fingerprint density at radius 2 is 1.71 bits per heavy atom. The molecule has 0 atom stereocenters. The van der Waals surface area contributed by atoms with Gasteiger partial charge < -0.3 is 15.2 Å². The highest BCUT2D eigenvalue weighted by Crippen LogP contribution is 2.26. The first-order valence-electron chi connectivity index (χ1n) is 12.3. The van der Waals surface area contributed by atoms with Gasteiger partial charge in [0, 0.05) is 34.9 Å². The van der Waals surface area contributed by atoms with E-state index in [2.05, 4.69) is 16.7 Å². The molecule has 0 bridgehead atoms. The average molecular weight is 504 g/mol. The molecule has 0 unspecified atom stereocenters. The van der Waals surface area contributed by atoms with Gasteiger partial charge in [-0.1, -0.05) is 61.5 Å². The number of nitriles is 1. The first-order valence-corrected chi connectivity index (χ1v) is 12.3. The fraction of sp³-hybridized carbons (Fsp3) is 0.133. The zero-order valence-electron chi connectivity index (χ0n) is 20.8. The Labute approximate surface area is 219 Å². The third-order valence-corrected chi connectivity index (χ3v) is 6.53. The van der Waals surface area contributed by atoms with E-state index >= 15 is 0 Å². The van der Waals surface area contributed by atoms with E-state index in [4.69, 9.17) is 0 Å². The number of amides is 4. The number of urea groups is 1. The molecule has 4 amide bonds. The number of benzene rings is 3. The highest BCUT2D eigenvalue weighted by molar-refractivity contribution is 6.16. The average Bonchev–Trinajstić information content (AvgIpc) is 3.41. The van der Waals surface area contributed by atoms with E-state index in [9.17, 15) is 19.6 Å². The van der Waals surface area contributed by atoms with E-state index < -0.39 is 24.4 Å². The van der Waals surface area contributed by atoms with Crippen molar-refractivity contribution in [2.75, 3.05) is 11.9 Å². The number of aromatic nitrogens is 1. The van der Waals surface area contributed by atoms with Crippen molar-refractivity contribution in [2.24, 2.45) is 0 Å². The number of para-hydroxylation sites is 2. The number of nitrogens with one attached hydrogen (secondary N) is 2. The van der Waals surface area contributed by atoms with Gasteiger partial charge in [0.2, 0.25) is 5.91 Å². The van der Waals surface area contributed by atoms with Gasteiger partial charge in [-0.25, -0.2) is 9.69 Å². The number of imide groups is 1. The SMILES string of the molecule is CCc1ccccc1NC(=O)CN1C(=O)N/C(=C/c2cn(Cc3ccccc3C#N)c3ccccc23)C1=O. The molecule has 2 N–H and O–H groups in total. The standard InChI is InChI=1S/C30H25N5O3/c1-2-20-9-5-7-13-25(20)32-28(36)19-35-29(37)26(33-30(35)38)15-23-18-34(27-14-8-6-12-24(23)27)17-22-11-4-3-10-21(22)16-31/h3-15,18H,2,17,19H2,1H3,(H,32,36)(H,33,38)/b26-15+. The van der Waals surface area contributed by atoms with E-state index in [0.717, 1.165) is 38.9 Å². The summed E-state index contributed by atoms with van der Waals surface area (Å²) >= 11 is 0. The van der Waals surface area contributed by atoms with Crippen molar-refractivity contribution in [2.45, 2.75) is 19.9 Å². The summed E-state index contributed by atoms with van der Waals surface area (Å²) in [7, 11) is 0. The lowest BCUT2D eigenvalue weighted by Crippen LogP contribution is -2.38. The maximum atomic E-state index is 13.1. The van der Waals surface area contributed by atoms with E-state index in [-0.39, 0.29) is 5.70 Å². The minimum Gasteiger partial charge on any atom is -0.342 e. The van der Waals surface area contributed by atoms with Gasteiger partial charge in [-0.2, -0.15) is 5.26 Å². The normalized spacial score (nSPS) is 14.1. The van der Waals surface area contributed by atoms with Gasteiger partial charge in [-0.05, 0) is 41.8 Å². The van der Waals surface area contributed by atoms with Crippen LogP contribution >= 0.6 is 0 Å². The Kier molecular flexibility index (Phi) is 6.74. The van der Waals surface area contributed by atoms with E-state index in [1.807, 2.05) is 78.4 Å². The topological polar surface area (TPSA) is 107 Å². The Morgan fingerprint density at radius 3 is 2.50 bits per heavy atom. The van der Waals surface area contributed by atoms with Crippen LogP contribution in [0.1, 0.15) is 29.2 Å². The molecular weight excluding hydrogens is 478 g/mol. The summed E-state index contributed by atoms with van der Waals surface area (Å²) in [6.45, 7) is 2.06. The van der Waals surface area contributed by atoms with Gasteiger partial charge in [0.25, 0.3) is 5.91 Å². The Balaban J connectivity index is 1.39. The van der Waals surface area contributed by atoms with Crippen LogP contribution in [0, 0.1) is 11.3 Å². The number of nitrogens with zero attached hydrogens (tertiary/aromatic N) is 3. The van der Waals surface area contributed by atoms with Gasteiger partial charge in [0.15, 0.2) is 0 Å². The van der Waals surface area contributed by atoms with Gasteiger partial charge in [-0.3, -0.25) is 9.59 Å². The third-order valence-electron chi connectivity index (χ3n) is 6.53. The molecule has 4 aromatic rings. The second-order valence-corrected chi connectivity index (χ2v) is 8.94. The number of fused-ring (bicyclic) bond motifs is 1. The molecule has 1 aliphatic heterocycles. The number of hydrogen-bond acceptors (Lipinski definition) is 4. The lowest BCUT2D eigenvalue weighted by atomic mass is 10.1. The molecule has 0 spiro atoms. The number of carbonyl (C=O) groups is 3. The molecule has 1 aromatic heterocycles. The van der Waals surface area contributed by atoms with Crippen LogP contribution < -0.4 is 10.6 Å². The van der Waals surface area contributed by atoms with Crippen LogP contribution in [0.3, 0.4) is 0 Å². The van der Waals surface area contributed by atoms with Crippen LogP contribution in [-0.2, 0) is 22.6 Å². The molecule has 3 aromatic carbocycles. The lowest BCUT2D eigenvalue weighted by molar-refractivity contribution is -0.127. The number of rotatable bonds is 7. The maximum absolute atomic E-state index is 13.1. The summed E-state index contributed by atoms with van der Waals surface area (Å²) in [5.41, 5.74) is 4.86. The van der Waals surface area contributed by atoms with Gasteiger partial charge in [0.1, 0.15) is 12.2 Å². The molecule has 0 radical (unpaired) electrons. The van der Waals surface area contributed by atoms with E-state index in [1.165, 1.54) is 0 Å². The fourth-order valence-electron chi connectivity index (χ4n) is 4.63. The monoisotopic (exact) mass is 503 g/mol. The minimum atomic E-state index is -0.646. The first-order chi connectivity index (χ1) is 18.5. The van der Waals surface area contributed by atoms with E-state index in [1.54, 1.807) is 18.2 Å². The summed E-state index contributed by atoms with van der Waals surface area (Å²) in [6.07, 6.45) is 4.25. The van der Waals surface area contributed by atoms with Crippen LogP contribution in [-0.4, -0.2) is 33.9 Å². The highest BCUT2D eigenvalue weighted by atomic mass is 16.2. The van der Waals surface area contributed by atoms with Crippen LogP contribution in [0.15, 0.2) is 84.7 Å². The van der Waals surface area contributed by atoms with Crippen molar-refractivity contribution in [3.05, 3.63) is 107 Å². The lowest BCUT2D eigenvalue weighted by Gasteiger charge is -2.13. The smallest absolute Gasteiger partial charge is 0.329 e. The van der Waals surface area contributed by atoms with Crippen LogP contribution in [0.2, 0.25) is 0 Å². The molecule has 2 heterocycles. The number of hydrogen-bond donors (Lipinski definition) is 2. The number of anilines is 1. The Bertz CT molecular complexity index is 1640. The molecule has 1 fully saturated rings. The zero-order valence-corrected chi connectivity index (χ0v) is 20.8. The Morgan fingerprint density at radius 1 is 1.00 bits per heavy atom. The van der Waals surface area contributed by atoms with Crippen LogP contribution in [0.5, 0.6) is 0 Å². The van der Waals surface area contributed by atoms with Gasteiger partial charge in [-0.15, -0.1) is 0 Å². The molecule has 1 aliphatic rings. The molecule has 188 valence electrons. The summed E-state index contributed by atoms with van der Waals surface area (Å²) < 4.78 is 2.01. The molecule has 5 rings (SSSR count). The minimum absolute atomic E-state index is 0.0945. The molecule has 8 heteroatoms. The molecule has 8 nitrogen and oxygen atoms in total. The van der Waals surface area contributed by atoms with Crippen LogP contribution in [0.25, 0.3) is 17.0 Å². The zero-order chi connectivity index (χ0) is 26.6. The summed E-state index contributed by atoms with van der Waals surface area (Å²) in [4.78, 5) is 39.3. The number of carbonyl (C=O) groups excluding carboxylic acids is 3. The summed E-state index contributed by atoms with van der Waals surface area (Å²) in [6, 6.07) is 24.1. The van der Waals surface area contributed by atoms with E-state index in [0.29, 0.717) is 17.8 Å². The molecule has 0 saturated carbocycles. The van der Waals surface area contributed by atoms with Crippen molar-refractivity contribution in [3.8, 4) is 6.07 Å². The third kappa shape index (κ3) is 4.77. The fourth-order valence-corrected chi connectivity index (χ4v) is 4.63. The largest absolute Gasteiger partial charge is 0.342 e. The molecule has 38 heavy (non-hydrogen) atoms. The highest BCUT2D eigenvalue weighted by Gasteiger charge is 2.35. The first kappa shape index (κ1) is 24.5. The predicted octanol–water partition coefficient (Wildman–Crippen LogP) is 4.66. The maximum Gasteiger partial charge on any atom is 0.329 e.